The van der Waals surface area contributed by atoms with Crippen LogP contribution in [0.5, 0.6) is 0 Å². The summed E-state index contributed by atoms with van der Waals surface area (Å²) in [6, 6.07) is 0. The molecule has 2 atom stereocenters. The number of ether oxygens (including phenoxy) is 1. The van der Waals surface area contributed by atoms with E-state index in [0.717, 1.165) is 6.08 Å². The van der Waals surface area contributed by atoms with E-state index in [1.165, 1.54) is 20.8 Å². The Balaban J connectivity index is 2.86. The topological polar surface area (TPSA) is 110 Å². The molecule has 2 rings (SSSR count). The molecule has 0 aromatic heterocycles. The van der Waals surface area contributed by atoms with E-state index in [-0.39, 0.29) is 8.29 Å². The molecule has 2 unspecified atom stereocenters. The van der Waals surface area contributed by atoms with E-state index in [2.05, 4.69) is 0 Å². The summed E-state index contributed by atoms with van der Waals surface area (Å²) in [6.45, 7) is 7.84. The fourth-order valence-electron chi connectivity index (χ4n) is 3.31. The minimum absolute atomic E-state index is 0.200. The summed E-state index contributed by atoms with van der Waals surface area (Å²) in [7, 11) is -14.7. The summed E-state index contributed by atoms with van der Waals surface area (Å²) in [6.07, 6.45) is 0.419. The van der Waals surface area contributed by atoms with E-state index in [1.807, 2.05) is 0 Å². The first kappa shape index (κ1) is 30.1. The number of hydrogen-bond donors (Lipinski definition) is 0. The maximum atomic E-state index is 13.4. The molecule has 1 saturated heterocycles. The molecule has 0 N–H and O–H groups in total. The number of rotatable bonds is 5. The normalized spacial score (nSPS) is 24.4. The van der Waals surface area contributed by atoms with Crippen LogP contribution in [0.15, 0.2) is 23.7 Å². The summed E-state index contributed by atoms with van der Waals surface area (Å²) in [5, 5.41) is 0. The van der Waals surface area contributed by atoms with Crippen LogP contribution in [-0.2, 0) is 34.0 Å². The van der Waals surface area contributed by atoms with Gasteiger partial charge in [0.05, 0.1) is 17.5 Å². The van der Waals surface area contributed by atoms with Gasteiger partial charge in [-0.25, -0.2) is 4.31 Å². The van der Waals surface area contributed by atoms with Gasteiger partial charge >= 0.3 is 31.1 Å². The van der Waals surface area contributed by atoms with Gasteiger partial charge in [0.2, 0.25) is 14.2 Å². The molecule has 206 valence electrons. The van der Waals surface area contributed by atoms with Gasteiger partial charge in [0.15, 0.2) is 12.4 Å². The van der Waals surface area contributed by atoms with Gasteiger partial charge in [0.1, 0.15) is 6.10 Å². The minimum Gasteiger partial charge on any atom is -0.519 e. The Morgan fingerprint density at radius 2 is 1.61 bits per heavy atom. The third-order valence-electron chi connectivity index (χ3n) is 5.09. The van der Waals surface area contributed by atoms with E-state index >= 15 is 0 Å². The van der Waals surface area contributed by atoms with E-state index in [0.29, 0.717) is 12.4 Å². The second-order valence-electron chi connectivity index (χ2n) is 9.62. The first-order chi connectivity index (χ1) is 15.8. The summed E-state index contributed by atoms with van der Waals surface area (Å²) in [5.41, 5.74) is -14.0. The smallest absolute Gasteiger partial charge is 0.519 e. The molecule has 2 heterocycles. The lowest BCUT2D eigenvalue weighted by molar-refractivity contribution is -0.294. The van der Waals surface area contributed by atoms with Crippen LogP contribution in [0.2, 0.25) is 19.6 Å². The lowest BCUT2D eigenvalue weighted by atomic mass is 9.74. The predicted molar refractivity (Wildman–Crippen MR) is 116 cm³/mol. The van der Waals surface area contributed by atoms with Crippen molar-refractivity contribution >= 4 is 40.5 Å². The fourth-order valence-corrected chi connectivity index (χ4v) is 5.87. The Labute approximate surface area is 205 Å². The van der Waals surface area contributed by atoms with Crippen LogP contribution in [0.4, 0.5) is 26.3 Å². The molecular formula is C18H25F6N2O7S2Si+. The quantitative estimate of drug-likeness (QED) is 0.276. The number of carbonyl (C=O) groups is 1. The summed E-state index contributed by atoms with van der Waals surface area (Å²) >= 11 is 0. The Bertz CT molecular complexity index is 1230. The van der Waals surface area contributed by atoms with Crippen molar-refractivity contribution in [2.45, 2.75) is 57.5 Å². The molecular weight excluding hydrogens is 562 g/mol. The van der Waals surface area contributed by atoms with E-state index in [9.17, 15) is 48.0 Å². The highest BCUT2D eigenvalue weighted by molar-refractivity contribution is 7.90. The average Bonchev–Trinajstić information content (AvgIpc) is 3.06. The van der Waals surface area contributed by atoms with Gasteiger partial charge in [0, 0.05) is 5.92 Å². The van der Waals surface area contributed by atoms with Gasteiger partial charge in [-0.15, -0.1) is 0 Å². The van der Waals surface area contributed by atoms with Crippen LogP contribution >= 0.6 is 0 Å². The second-order valence-corrected chi connectivity index (χ2v) is 17.7. The predicted octanol–water partition coefficient (Wildman–Crippen LogP) is 3.25. The van der Waals surface area contributed by atoms with E-state index in [4.69, 9.17) is 9.16 Å². The number of nitrogens with zero attached hydrogens (tertiary/aromatic N) is 2. The van der Waals surface area contributed by atoms with Gasteiger partial charge in [-0.2, -0.15) is 43.2 Å². The summed E-state index contributed by atoms with van der Waals surface area (Å²) in [4.78, 5) is 13.0. The van der Waals surface area contributed by atoms with Crippen LogP contribution in [0.3, 0.4) is 0 Å². The van der Waals surface area contributed by atoms with Gasteiger partial charge in [-0.05, 0) is 46.5 Å². The maximum absolute atomic E-state index is 13.4. The zero-order valence-corrected chi connectivity index (χ0v) is 22.6. The van der Waals surface area contributed by atoms with E-state index in [1.54, 1.807) is 19.6 Å². The summed E-state index contributed by atoms with van der Waals surface area (Å²) in [5.74, 6) is -3.37. The Kier molecular flexibility index (Phi) is 7.57. The largest absolute Gasteiger partial charge is 0.560 e. The Morgan fingerprint density at radius 1 is 1.08 bits per heavy atom. The first-order valence-electron chi connectivity index (χ1n) is 10.2. The van der Waals surface area contributed by atoms with Gasteiger partial charge in [-0.1, -0.05) is 3.98 Å². The average molecular weight is 588 g/mol. The van der Waals surface area contributed by atoms with Crippen molar-refractivity contribution in [3.8, 4) is 0 Å². The van der Waals surface area contributed by atoms with E-state index < -0.39 is 80.8 Å². The first-order valence-corrected chi connectivity index (χ1v) is 16.5. The van der Waals surface area contributed by atoms with Crippen molar-refractivity contribution in [1.82, 2.24) is 4.31 Å². The summed E-state index contributed by atoms with van der Waals surface area (Å²) < 4.78 is 138. The molecule has 0 aromatic carbocycles. The third-order valence-corrected chi connectivity index (χ3v) is 8.74. The minimum atomic E-state index is -6.10. The zero-order chi connectivity index (χ0) is 28.3. The fraction of sp³-hybridized carbons (Fsp3) is 0.667. The van der Waals surface area contributed by atoms with Crippen LogP contribution < -0.4 is 0 Å². The molecule has 0 aromatic rings. The van der Waals surface area contributed by atoms with Crippen molar-refractivity contribution in [3.05, 3.63) is 23.7 Å². The third kappa shape index (κ3) is 5.58. The molecule has 1 fully saturated rings. The van der Waals surface area contributed by atoms with Crippen molar-refractivity contribution < 1.29 is 61.1 Å². The van der Waals surface area contributed by atoms with Crippen LogP contribution in [0.25, 0.3) is 0 Å². The standard InChI is InChI=1S/C18H25F6N2O7S2Si/c1-11-9-26(35(30,31)18(22,23)24)14(32-11)12-10-25(34(28,29)17(19,20)21)8-7-13(12)16(2,3)15(27)33-36(4,5)6/h7-8,10-11,13H,9H2,1-6H3/q+1. The monoisotopic (exact) mass is 587 g/mol. The molecule has 0 bridgehead atoms. The number of carbonyl (C=O) groups excluding carboxylic acids is 1. The molecule has 9 nitrogen and oxygen atoms in total. The molecule has 0 aliphatic carbocycles. The van der Waals surface area contributed by atoms with Crippen molar-refractivity contribution in [3.63, 3.8) is 0 Å². The van der Waals surface area contributed by atoms with Crippen molar-refractivity contribution in [1.29, 1.82) is 0 Å². The highest BCUT2D eigenvalue weighted by atomic mass is 32.2. The van der Waals surface area contributed by atoms with Crippen molar-refractivity contribution in [2.24, 2.45) is 11.3 Å². The lowest BCUT2D eigenvalue weighted by Gasteiger charge is -2.34. The number of sulfonamides is 2. The SMILES string of the molecule is CC1CN(S(=O)(=O)C(F)(F)F)/C(=C2\C=[N+](S(=O)(=O)C(F)(F)F)C=CC2C(C)(C)C(=O)O[Si](C)(C)C)O1. The highest BCUT2D eigenvalue weighted by Gasteiger charge is 2.58. The maximum Gasteiger partial charge on any atom is 0.560 e. The number of allylic oxidation sites excluding steroid dienone is 2. The molecule has 0 amide bonds. The zero-order valence-electron chi connectivity index (χ0n) is 19.9. The van der Waals surface area contributed by atoms with Crippen molar-refractivity contribution in [2.75, 3.05) is 6.54 Å². The van der Waals surface area contributed by atoms with Gasteiger partial charge < -0.3 is 9.16 Å². The molecule has 2 aliphatic rings. The van der Waals surface area contributed by atoms with Crippen LogP contribution in [0.1, 0.15) is 20.8 Å². The Hall–Kier alpha value is -2.08. The van der Waals surface area contributed by atoms with Gasteiger partial charge in [-0.3, -0.25) is 4.79 Å². The van der Waals surface area contributed by atoms with Crippen LogP contribution in [-0.4, -0.2) is 69.3 Å². The molecule has 0 saturated carbocycles. The highest BCUT2D eigenvalue weighted by Crippen LogP contribution is 2.43. The van der Waals surface area contributed by atoms with Gasteiger partial charge in [0.25, 0.3) is 5.97 Å². The molecule has 0 radical (unpaired) electrons. The molecule has 36 heavy (non-hydrogen) atoms. The number of halogens is 6. The number of alkyl halides is 6. The lowest BCUT2D eigenvalue weighted by Crippen LogP contribution is -2.44. The molecule has 0 spiro atoms. The molecule has 18 heteroatoms. The second kappa shape index (κ2) is 9.04. The Morgan fingerprint density at radius 3 is 2.06 bits per heavy atom. The van der Waals surface area contributed by atoms with Crippen LogP contribution in [0, 0.1) is 11.3 Å². The number of hydrogen-bond acceptors (Lipinski definition) is 7. The molecule has 2 aliphatic heterocycles.